The Morgan fingerprint density at radius 3 is 2.76 bits per heavy atom. The molecule has 0 radical (unpaired) electrons. The van der Waals surface area contributed by atoms with Crippen molar-refractivity contribution in [2.75, 3.05) is 48.8 Å². The number of carbonyl (C=O) groups excluding carboxylic acids is 1. The van der Waals surface area contributed by atoms with Crippen LogP contribution in [0.15, 0.2) is 48.2 Å². The van der Waals surface area contributed by atoms with Gasteiger partial charge >= 0.3 is 0 Å². The molecule has 0 unspecified atom stereocenters. The van der Waals surface area contributed by atoms with Gasteiger partial charge in [-0.15, -0.1) is 11.3 Å². The molecule has 0 aliphatic carbocycles. The average Bonchev–Trinajstić information content (AvgIpc) is 3.59. The molecule has 0 atom stereocenters. The fourth-order valence-corrected chi connectivity index (χ4v) is 4.89. The van der Waals surface area contributed by atoms with Gasteiger partial charge in [0, 0.05) is 44.3 Å². The molecule has 0 spiro atoms. The SMILES string of the molecule is CN1CCN(c2cc3[nH]c(Nc4ncc[nH]4)nc3cc2C(=O)Nc2ccc3ncsc3c2)CC1. The van der Waals surface area contributed by atoms with Crippen molar-refractivity contribution in [1.82, 2.24) is 29.8 Å². The summed E-state index contributed by atoms with van der Waals surface area (Å²) in [5, 5.41) is 6.19. The summed E-state index contributed by atoms with van der Waals surface area (Å²) in [6.45, 7) is 3.58. The molecule has 5 aromatic rings. The monoisotopic (exact) mass is 473 g/mol. The molecule has 34 heavy (non-hydrogen) atoms. The van der Waals surface area contributed by atoms with E-state index < -0.39 is 0 Å². The number of carbonyl (C=O) groups is 1. The number of rotatable bonds is 5. The van der Waals surface area contributed by atoms with Gasteiger partial charge in [0.15, 0.2) is 0 Å². The summed E-state index contributed by atoms with van der Waals surface area (Å²) in [4.78, 5) is 37.5. The summed E-state index contributed by atoms with van der Waals surface area (Å²) in [6.07, 6.45) is 3.41. The third-order valence-electron chi connectivity index (χ3n) is 6.01. The third kappa shape index (κ3) is 3.95. The third-order valence-corrected chi connectivity index (χ3v) is 6.80. The zero-order chi connectivity index (χ0) is 23.1. The molecule has 10 nitrogen and oxygen atoms in total. The van der Waals surface area contributed by atoms with Crippen molar-refractivity contribution in [2.24, 2.45) is 0 Å². The highest BCUT2D eigenvalue weighted by molar-refractivity contribution is 7.16. The van der Waals surface area contributed by atoms with Gasteiger partial charge in [0.1, 0.15) is 0 Å². The Bertz CT molecular complexity index is 1460. The van der Waals surface area contributed by atoms with E-state index in [9.17, 15) is 4.79 Å². The van der Waals surface area contributed by atoms with Crippen molar-refractivity contribution >= 4 is 61.8 Å². The number of thiazole rings is 1. The molecule has 172 valence electrons. The summed E-state index contributed by atoms with van der Waals surface area (Å²) >= 11 is 1.55. The second-order valence-electron chi connectivity index (χ2n) is 8.31. The molecule has 2 aromatic carbocycles. The first-order chi connectivity index (χ1) is 16.6. The van der Waals surface area contributed by atoms with Crippen LogP contribution in [0.1, 0.15) is 10.4 Å². The van der Waals surface area contributed by atoms with Crippen molar-refractivity contribution in [3.8, 4) is 0 Å². The smallest absolute Gasteiger partial charge is 0.257 e. The lowest BCUT2D eigenvalue weighted by Crippen LogP contribution is -2.45. The van der Waals surface area contributed by atoms with Crippen LogP contribution in [0.4, 0.5) is 23.3 Å². The zero-order valence-electron chi connectivity index (χ0n) is 18.5. The summed E-state index contributed by atoms with van der Waals surface area (Å²) in [5.41, 5.74) is 6.52. The maximum absolute atomic E-state index is 13.5. The van der Waals surface area contributed by atoms with E-state index in [1.807, 2.05) is 35.8 Å². The van der Waals surface area contributed by atoms with Gasteiger partial charge in [-0.25, -0.2) is 15.0 Å². The Labute approximate surface area is 199 Å². The molecule has 3 aromatic heterocycles. The number of piperazine rings is 1. The van der Waals surface area contributed by atoms with Crippen molar-refractivity contribution in [3.05, 3.63) is 53.8 Å². The first-order valence-corrected chi connectivity index (χ1v) is 11.9. The van der Waals surface area contributed by atoms with E-state index in [1.165, 1.54) is 0 Å². The van der Waals surface area contributed by atoms with Gasteiger partial charge < -0.3 is 25.1 Å². The second-order valence-corrected chi connectivity index (χ2v) is 9.20. The molecule has 1 saturated heterocycles. The van der Waals surface area contributed by atoms with E-state index >= 15 is 0 Å². The van der Waals surface area contributed by atoms with Crippen molar-refractivity contribution in [3.63, 3.8) is 0 Å². The number of hydrogen-bond donors (Lipinski definition) is 4. The van der Waals surface area contributed by atoms with Crippen LogP contribution in [0.3, 0.4) is 0 Å². The number of benzene rings is 2. The number of nitrogens with one attached hydrogen (secondary N) is 4. The van der Waals surface area contributed by atoms with Gasteiger partial charge in [-0.2, -0.15) is 0 Å². The minimum atomic E-state index is -0.164. The lowest BCUT2D eigenvalue weighted by Gasteiger charge is -2.35. The molecule has 1 aliphatic rings. The molecule has 4 N–H and O–H groups in total. The van der Waals surface area contributed by atoms with E-state index in [1.54, 1.807) is 23.7 Å². The fraction of sp³-hybridized carbons (Fsp3) is 0.217. The quantitative estimate of drug-likeness (QED) is 0.308. The van der Waals surface area contributed by atoms with Gasteiger partial charge in [0.2, 0.25) is 11.9 Å². The van der Waals surface area contributed by atoms with E-state index in [4.69, 9.17) is 0 Å². The molecule has 4 heterocycles. The topological polar surface area (TPSA) is 118 Å². The summed E-state index contributed by atoms with van der Waals surface area (Å²) < 4.78 is 1.04. The van der Waals surface area contributed by atoms with Crippen molar-refractivity contribution < 1.29 is 4.79 Å². The molecule has 1 aliphatic heterocycles. The van der Waals surface area contributed by atoms with Crippen LogP contribution in [0.2, 0.25) is 0 Å². The van der Waals surface area contributed by atoms with Crippen LogP contribution >= 0.6 is 11.3 Å². The van der Waals surface area contributed by atoms with Crippen LogP contribution in [0.25, 0.3) is 21.3 Å². The standard InChI is InChI=1S/C23H23N9OS/c1-31-6-8-32(9-7-31)19-12-18-17(28-23(29-18)30-22-24-4-5-25-22)11-15(19)21(33)27-14-2-3-16-20(10-14)34-13-26-16/h2-5,10-13H,6-9H2,1H3,(H,27,33)(H3,24,25,28,29,30). The number of amides is 1. The Morgan fingerprint density at radius 2 is 1.94 bits per heavy atom. The predicted molar refractivity (Wildman–Crippen MR) is 135 cm³/mol. The first-order valence-electron chi connectivity index (χ1n) is 11.0. The number of aromatic nitrogens is 5. The number of imidazole rings is 2. The lowest BCUT2D eigenvalue weighted by molar-refractivity contribution is 0.102. The van der Waals surface area contributed by atoms with E-state index in [-0.39, 0.29) is 5.91 Å². The lowest BCUT2D eigenvalue weighted by atomic mass is 10.1. The summed E-state index contributed by atoms with van der Waals surface area (Å²) in [6, 6.07) is 9.63. The van der Waals surface area contributed by atoms with Gasteiger partial charge in [-0.05, 0) is 37.4 Å². The molecule has 1 fully saturated rings. The number of fused-ring (bicyclic) bond motifs is 2. The Kier molecular flexibility index (Phi) is 5.12. The van der Waals surface area contributed by atoms with Gasteiger partial charge in [-0.3, -0.25) is 10.1 Å². The molecular formula is C23H23N9OS. The summed E-state index contributed by atoms with van der Waals surface area (Å²) in [7, 11) is 2.12. The number of likely N-dealkylation sites (N-methyl/N-ethyl adjacent to an activating group) is 1. The van der Waals surface area contributed by atoms with Gasteiger partial charge in [-0.1, -0.05) is 0 Å². The molecule has 11 heteroatoms. The van der Waals surface area contributed by atoms with Crippen LogP contribution in [-0.4, -0.2) is 69.0 Å². The highest BCUT2D eigenvalue weighted by atomic mass is 32.1. The van der Waals surface area contributed by atoms with Gasteiger partial charge in [0.25, 0.3) is 5.91 Å². The number of H-pyrrole nitrogens is 2. The maximum Gasteiger partial charge on any atom is 0.257 e. The predicted octanol–water partition coefficient (Wildman–Crippen LogP) is 3.64. The number of hydrogen-bond acceptors (Lipinski definition) is 8. The van der Waals surface area contributed by atoms with Crippen LogP contribution in [0, 0.1) is 0 Å². The molecule has 1 amide bonds. The average molecular weight is 474 g/mol. The highest BCUT2D eigenvalue weighted by Gasteiger charge is 2.22. The number of aromatic amines is 2. The van der Waals surface area contributed by atoms with Crippen LogP contribution in [0.5, 0.6) is 0 Å². The highest BCUT2D eigenvalue weighted by Crippen LogP contribution is 2.30. The Balaban J connectivity index is 1.36. The number of anilines is 4. The zero-order valence-corrected chi connectivity index (χ0v) is 19.3. The molecule has 0 saturated carbocycles. The number of nitrogens with zero attached hydrogens (tertiary/aromatic N) is 5. The minimum absolute atomic E-state index is 0.164. The minimum Gasteiger partial charge on any atom is -0.368 e. The Hall–Kier alpha value is -3.96. The largest absolute Gasteiger partial charge is 0.368 e. The second kappa shape index (κ2) is 8.43. The van der Waals surface area contributed by atoms with E-state index in [0.717, 1.165) is 53.3 Å². The van der Waals surface area contributed by atoms with E-state index in [0.29, 0.717) is 23.0 Å². The van der Waals surface area contributed by atoms with Crippen molar-refractivity contribution in [2.45, 2.75) is 0 Å². The normalized spacial score (nSPS) is 14.7. The van der Waals surface area contributed by atoms with Crippen LogP contribution < -0.4 is 15.5 Å². The van der Waals surface area contributed by atoms with Crippen molar-refractivity contribution in [1.29, 1.82) is 0 Å². The summed E-state index contributed by atoms with van der Waals surface area (Å²) in [5.74, 6) is 0.987. The molecule has 6 rings (SSSR count). The van der Waals surface area contributed by atoms with Crippen LogP contribution in [-0.2, 0) is 0 Å². The van der Waals surface area contributed by atoms with Gasteiger partial charge in [0.05, 0.1) is 38.0 Å². The molecule has 0 bridgehead atoms. The molecular weight excluding hydrogens is 450 g/mol. The van der Waals surface area contributed by atoms with E-state index in [2.05, 4.69) is 52.4 Å². The maximum atomic E-state index is 13.5. The first kappa shape index (κ1) is 20.6. The fourth-order valence-electron chi connectivity index (χ4n) is 4.17. The Morgan fingerprint density at radius 1 is 1.06 bits per heavy atom.